The Labute approximate surface area is 129 Å². The molecule has 6 nitrogen and oxygen atoms in total. The van der Waals surface area contributed by atoms with Crippen molar-refractivity contribution in [2.75, 3.05) is 39.3 Å². The second-order valence-corrected chi connectivity index (χ2v) is 6.37. The Bertz CT molecular complexity index is 521. The maximum atomic E-state index is 12.5. The number of likely N-dealkylation sites (N-methyl/N-ethyl adjacent to an activating group) is 1. The number of aryl methyl sites for hydroxylation is 2. The first kappa shape index (κ1) is 15.9. The Morgan fingerprint density at radius 3 is 2.43 bits per heavy atom. The van der Waals surface area contributed by atoms with Gasteiger partial charge in [0, 0.05) is 32.7 Å². The van der Waals surface area contributed by atoms with Crippen molar-refractivity contribution < 1.29 is 9.59 Å². The number of nitrogens with zero attached hydrogens (tertiary/aromatic N) is 3. The number of hydrogen-bond donors (Lipinski definition) is 1. The molecular formula is C14H22N4O2S. The highest BCUT2D eigenvalue weighted by atomic mass is 32.1. The van der Waals surface area contributed by atoms with Crippen molar-refractivity contribution in [1.29, 1.82) is 0 Å². The lowest BCUT2D eigenvalue weighted by molar-refractivity contribution is -0.122. The Morgan fingerprint density at radius 2 is 1.90 bits per heavy atom. The van der Waals surface area contributed by atoms with Crippen molar-refractivity contribution in [1.82, 2.24) is 20.1 Å². The average molecular weight is 310 g/mol. The predicted molar refractivity (Wildman–Crippen MR) is 82.6 cm³/mol. The summed E-state index contributed by atoms with van der Waals surface area (Å²) in [5.41, 5.74) is 0.812. The maximum Gasteiger partial charge on any atom is 0.265 e. The average Bonchev–Trinajstić information content (AvgIpc) is 2.78. The first-order valence-corrected chi connectivity index (χ1v) is 8.05. The van der Waals surface area contributed by atoms with Crippen LogP contribution in [0.3, 0.4) is 0 Å². The Balaban J connectivity index is 1.87. The van der Waals surface area contributed by atoms with E-state index in [9.17, 15) is 9.59 Å². The van der Waals surface area contributed by atoms with Gasteiger partial charge in [0.05, 0.1) is 17.2 Å². The SMILES string of the molecule is CCNC(=O)CN1CCN(C(=O)c2sc(C)nc2C)CC1. The number of aromatic nitrogens is 1. The Hall–Kier alpha value is -1.47. The number of carbonyl (C=O) groups is 2. The second kappa shape index (κ2) is 7.00. The molecule has 0 radical (unpaired) electrons. The molecule has 1 saturated heterocycles. The Kier molecular flexibility index (Phi) is 5.30. The predicted octanol–water partition coefficient (Wildman–Crippen LogP) is 0.654. The van der Waals surface area contributed by atoms with Gasteiger partial charge in [-0.3, -0.25) is 14.5 Å². The minimum Gasteiger partial charge on any atom is -0.355 e. The van der Waals surface area contributed by atoms with Crippen molar-refractivity contribution in [2.24, 2.45) is 0 Å². The standard InChI is InChI=1S/C14H22N4O2S/c1-4-15-12(19)9-17-5-7-18(8-6-17)14(20)13-10(2)16-11(3)21-13/h4-9H2,1-3H3,(H,15,19). The number of thiazole rings is 1. The van der Waals surface area contributed by atoms with Gasteiger partial charge in [-0.25, -0.2) is 4.98 Å². The summed E-state index contributed by atoms with van der Waals surface area (Å²) in [6, 6.07) is 0. The summed E-state index contributed by atoms with van der Waals surface area (Å²) in [5.74, 6) is 0.113. The molecule has 1 fully saturated rings. The van der Waals surface area contributed by atoms with Crippen LogP contribution in [0.15, 0.2) is 0 Å². The number of amides is 2. The first-order chi connectivity index (χ1) is 10.0. The van der Waals surface area contributed by atoms with Crippen molar-refractivity contribution in [3.8, 4) is 0 Å². The summed E-state index contributed by atoms with van der Waals surface area (Å²) in [6.45, 7) is 9.56. The van der Waals surface area contributed by atoms with Gasteiger partial charge in [0.1, 0.15) is 4.88 Å². The van der Waals surface area contributed by atoms with Gasteiger partial charge in [-0.1, -0.05) is 0 Å². The number of piperazine rings is 1. The van der Waals surface area contributed by atoms with Gasteiger partial charge in [0.15, 0.2) is 0 Å². The third-order valence-corrected chi connectivity index (χ3v) is 4.56. The summed E-state index contributed by atoms with van der Waals surface area (Å²) in [4.78, 5) is 33.0. The zero-order valence-corrected chi connectivity index (χ0v) is 13.6. The van der Waals surface area contributed by atoms with Crippen molar-refractivity contribution in [3.05, 3.63) is 15.6 Å². The van der Waals surface area contributed by atoms with Crippen LogP contribution in [0.1, 0.15) is 27.3 Å². The lowest BCUT2D eigenvalue weighted by Gasteiger charge is -2.34. The van der Waals surface area contributed by atoms with E-state index >= 15 is 0 Å². The fourth-order valence-electron chi connectivity index (χ4n) is 2.44. The number of carbonyl (C=O) groups excluding carboxylic acids is 2. The normalized spacial score (nSPS) is 16.0. The van der Waals surface area contributed by atoms with E-state index in [4.69, 9.17) is 0 Å². The van der Waals surface area contributed by atoms with E-state index in [2.05, 4.69) is 15.2 Å². The van der Waals surface area contributed by atoms with Gasteiger partial charge in [0.25, 0.3) is 5.91 Å². The summed E-state index contributed by atoms with van der Waals surface area (Å²) in [6.07, 6.45) is 0. The van der Waals surface area contributed by atoms with E-state index in [1.165, 1.54) is 11.3 Å². The Morgan fingerprint density at radius 1 is 1.24 bits per heavy atom. The van der Waals surface area contributed by atoms with Crippen LogP contribution in [0.25, 0.3) is 0 Å². The van der Waals surface area contributed by atoms with Crippen LogP contribution in [-0.4, -0.2) is 65.9 Å². The fraction of sp³-hybridized carbons (Fsp3) is 0.643. The second-order valence-electron chi connectivity index (χ2n) is 5.17. The highest BCUT2D eigenvalue weighted by molar-refractivity contribution is 7.13. The van der Waals surface area contributed by atoms with Crippen molar-refractivity contribution >= 4 is 23.2 Å². The molecule has 1 aliphatic heterocycles. The van der Waals surface area contributed by atoms with Gasteiger partial charge < -0.3 is 10.2 Å². The fourth-order valence-corrected chi connectivity index (χ4v) is 3.33. The van der Waals surface area contributed by atoms with E-state index < -0.39 is 0 Å². The van der Waals surface area contributed by atoms with Gasteiger partial charge in [0.2, 0.25) is 5.91 Å². The topological polar surface area (TPSA) is 65.5 Å². The minimum atomic E-state index is 0.0474. The summed E-state index contributed by atoms with van der Waals surface area (Å²) in [5, 5.41) is 3.72. The monoisotopic (exact) mass is 310 g/mol. The molecule has 0 spiro atoms. The number of hydrogen-bond acceptors (Lipinski definition) is 5. The van der Waals surface area contributed by atoms with Gasteiger partial charge >= 0.3 is 0 Å². The van der Waals surface area contributed by atoms with Crippen LogP contribution >= 0.6 is 11.3 Å². The van der Waals surface area contributed by atoms with Gasteiger partial charge in [-0.15, -0.1) is 11.3 Å². The van der Waals surface area contributed by atoms with E-state index in [-0.39, 0.29) is 11.8 Å². The quantitative estimate of drug-likeness (QED) is 0.887. The van der Waals surface area contributed by atoms with Gasteiger partial charge in [-0.05, 0) is 20.8 Å². The zero-order chi connectivity index (χ0) is 15.4. The zero-order valence-electron chi connectivity index (χ0n) is 12.8. The molecule has 1 aromatic rings. The molecular weight excluding hydrogens is 288 g/mol. The molecule has 2 amide bonds. The summed E-state index contributed by atoms with van der Waals surface area (Å²) >= 11 is 1.45. The van der Waals surface area contributed by atoms with Crippen LogP contribution in [0, 0.1) is 13.8 Å². The van der Waals surface area contributed by atoms with Crippen LogP contribution in [0.2, 0.25) is 0 Å². The smallest absolute Gasteiger partial charge is 0.265 e. The maximum absolute atomic E-state index is 12.5. The van der Waals surface area contributed by atoms with Crippen LogP contribution < -0.4 is 5.32 Å². The van der Waals surface area contributed by atoms with Crippen molar-refractivity contribution in [3.63, 3.8) is 0 Å². The molecule has 1 aliphatic rings. The largest absolute Gasteiger partial charge is 0.355 e. The molecule has 116 valence electrons. The summed E-state index contributed by atoms with van der Waals surface area (Å²) in [7, 11) is 0. The molecule has 0 aromatic carbocycles. The molecule has 7 heteroatoms. The molecule has 2 heterocycles. The van der Waals surface area contributed by atoms with Crippen molar-refractivity contribution in [2.45, 2.75) is 20.8 Å². The van der Waals surface area contributed by atoms with E-state index in [1.807, 2.05) is 25.7 Å². The molecule has 0 atom stereocenters. The summed E-state index contributed by atoms with van der Waals surface area (Å²) < 4.78 is 0. The molecule has 0 saturated carbocycles. The molecule has 1 N–H and O–H groups in total. The van der Waals surface area contributed by atoms with Gasteiger partial charge in [-0.2, -0.15) is 0 Å². The highest BCUT2D eigenvalue weighted by Crippen LogP contribution is 2.20. The lowest BCUT2D eigenvalue weighted by Crippen LogP contribution is -2.51. The molecule has 2 rings (SSSR count). The van der Waals surface area contributed by atoms with Crippen LogP contribution in [0.5, 0.6) is 0 Å². The minimum absolute atomic E-state index is 0.0474. The van der Waals surface area contributed by atoms with E-state index in [0.29, 0.717) is 26.2 Å². The third kappa shape index (κ3) is 4.01. The molecule has 0 aliphatic carbocycles. The first-order valence-electron chi connectivity index (χ1n) is 7.23. The molecule has 0 unspecified atom stereocenters. The third-order valence-electron chi connectivity index (χ3n) is 3.50. The van der Waals surface area contributed by atoms with E-state index in [1.54, 1.807) is 0 Å². The lowest BCUT2D eigenvalue weighted by atomic mass is 10.2. The molecule has 1 aromatic heterocycles. The number of nitrogens with one attached hydrogen (secondary N) is 1. The number of rotatable bonds is 4. The van der Waals surface area contributed by atoms with E-state index in [0.717, 1.165) is 28.7 Å². The molecule has 21 heavy (non-hydrogen) atoms. The van der Waals surface area contributed by atoms with Crippen LogP contribution in [-0.2, 0) is 4.79 Å². The van der Waals surface area contributed by atoms with Crippen LogP contribution in [0.4, 0.5) is 0 Å². The highest BCUT2D eigenvalue weighted by Gasteiger charge is 2.25. The molecule has 0 bridgehead atoms.